The molecule has 1 aromatic rings. The quantitative estimate of drug-likeness (QED) is 0.443. The zero-order valence-corrected chi connectivity index (χ0v) is 12.7. The van der Waals surface area contributed by atoms with E-state index in [0.29, 0.717) is 0 Å². The molecule has 0 aliphatic rings. The maximum atomic E-state index is 3.82. The highest BCUT2D eigenvalue weighted by Crippen LogP contribution is 2.04. The van der Waals surface area contributed by atoms with Crippen LogP contribution >= 0.6 is 0 Å². The Morgan fingerprint density at radius 3 is 2.44 bits per heavy atom. The van der Waals surface area contributed by atoms with Crippen LogP contribution in [0.25, 0.3) is 0 Å². The molecule has 0 N–H and O–H groups in total. The summed E-state index contributed by atoms with van der Waals surface area (Å²) in [7, 11) is -1.25. The van der Waals surface area contributed by atoms with Crippen LogP contribution in [0.4, 0.5) is 0 Å². The lowest BCUT2D eigenvalue weighted by Gasteiger charge is -2.18. The van der Waals surface area contributed by atoms with Gasteiger partial charge in [-0.3, -0.25) is 4.90 Å². The van der Waals surface area contributed by atoms with E-state index < -0.39 is 8.07 Å². The summed E-state index contributed by atoms with van der Waals surface area (Å²) >= 11 is 0. The average Bonchev–Trinajstić information content (AvgIpc) is 2.29. The molecule has 18 heavy (non-hydrogen) atoms. The predicted octanol–water partition coefficient (Wildman–Crippen LogP) is 3.56. The number of nitrogens with zero attached hydrogens (tertiary/aromatic N) is 1. The summed E-state index contributed by atoms with van der Waals surface area (Å²) in [5.41, 5.74) is 4.74. The molecule has 0 amide bonds. The van der Waals surface area contributed by atoms with Gasteiger partial charge in [0, 0.05) is 13.1 Å². The van der Waals surface area contributed by atoms with Crippen LogP contribution in [0, 0.1) is 11.5 Å². The van der Waals surface area contributed by atoms with Gasteiger partial charge in [-0.1, -0.05) is 62.0 Å². The molecule has 1 rings (SSSR count). The zero-order chi connectivity index (χ0) is 13.4. The fourth-order valence-corrected chi connectivity index (χ4v) is 2.24. The molecule has 0 aliphatic heterocycles. The molecule has 1 nitrogen and oxygen atoms in total. The second-order valence-electron chi connectivity index (χ2n) is 5.50. The van der Waals surface area contributed by atoms with Gasteiger partial charge in [-0.25, -0.2) is 0 Å². The molecule has 0 fully saturated rings. The van der Waals surface area contributed by atoms with Gasteiger partial charge in [0.05, 0.1) is 6.54 Å². The van der Waals surface area contributed by atoms with Crippen molar-refractivity contribution in [2.45, 2.75) is 26.2 Å². The van der Waals surface area contributed by atoms with Crippen LogP contribution in [0.15, 0.2) is 43.0 Å². The van der Waals surface area contributed by atoms with Crippen molar-refractivity contribution in [2.75, 3.05) is 13.1 Å². The van der Waals surface area contributed by atoms with Crippen LogP contribution in [0.2, 0.25) is 19.6 Å². The molecule has 0 saturated heterocycles. The molecule has 96 valence electrons. The molecule has 0 aromatic heterocycles. The molecular weight excluding hydrogens is 234 g/mol. The summed E-state index contributed by atoms with van der Waals surface area (Å²) in [6.07, 6.45) is 1.94. The Labute approximate surface area is 113 Å². The predicted molar refractivity (Wildman–Crippen MR) is 83.0 cm³/mol. The summed E-state index contributed by atoms with van der Waals surface area (Å²) < 4.78 is 0. The van der Waals surface area contributed by atoms with Crippen molar-refractivity contribution in [2.24, 2.45) is 0 Å². The molecule has 1 aromatic carbocycles. The van der Waals surface area contributed by atoms with E-state index >= 15 is 0 Å². The molecule has 0 aliphatic carbocycles. The second-order valence-corrected chi connectivity index (χ2v) is 10.2. The fourth-order valence-electron chi connectivity index (χ4n) is 1.63. The standard InChI is InChI=1S/C16H23NSi/c1-5-12-17(13-9-14-18(2,3)4)15-16-10-7-6-8-11-16/h5-8,10-11H,1,12-13,15H2,2-4H3. The lowest BCUT2D eigenvalue weighted by molar-refractivity contribution is 0.333. The topological polar surface area (TPSA) is 3.24 Å². The minimum atomic E-state index is -1.25. The summed E-state index contributed by atoms with van der Waals surface area (Å²) in [5, 5.41) is 0. The first-order chi connectivity index (χ1) is 8.51. The Morgan fingerprint density at radius 2 is 1.89 bits per heavy atom. The van der Waals surface area contributed by atoms with Gasteiger partial charge < -0.3 is 0 Å². The molecule has 0 unspecified atom stereocenters. The van der Waals surface area contributed by atoms with Gasteiger partial charge in [-0.15, -0.1) is 12.1 Å². The smallest absolute Gasteiger partial charge is 0.129 e. The SMILES string of the molecule is C=CCN(CC#C[Si](C)(C)C)Cc1ccccc1. The minimum absolute atomic E-state index is 0.825. The molecule has 0 atom stereocenters. The monoisotopic (exact) mass is 257 g/mol. The van der Waals surface area contributed by atoms with Crippen LogP contribution in [0.1, 0.15) is 5.56 Å². The maximum absolute atomic E-state index is 3.82. The second kappa shape index (κ2) is 7.20. The molecule has 0 heterocycles. The van der Waals surface area contributed by atoms with Crippen molar-refractivity contribution >= 4 is 8.07 Å². The minimum Gasteiger partial charge on any atom is -0.284 e. The van der Waals surface area contributed by atoms with Crippen molar-refractivity contribution in [3.05, 3.63) is 48.6 Å². The van der Waals surface area contributed by atoms with Crippen molar-refractivity contribution in [3.63, 3.8) is 0 Å². The number of benzene rings is 1. The third-order valence-electron chi connectivity index (χ3n) is 2.40. The van der Waals surface area contributed by atoms with Gasteiger partial charge in [-0.05, 0) is 5.56 Å². The average molecular weight is 257 g/mol. The third-order valence-corrected chi connectivity index (χ3v) is 3.33. The first kappa shape index (κ1) is 14.8. The highest BCUT2D eigenvalue weighted by molar-refractivity contribution is 6.83. The van der Waals surface area contributed by atoms with Gasteiger partial charge in [0.15, 0.2) is 0 Å². The number of rotatable bonds is 5. The third kappa shape index (κ3) is 6.44. The normalized spacial score (nSPS) is 10.9. The van der Waals surface area contributed by atoms with Crippen molar-refractivity contribution in [3.8, 4) is 11.5 Å². The summed E-state index contributed by atoms with van der Waals surface area (Å²) in [6, 6.07) is 10.5. The first-order valence-electron chi connectivity index (χ1n) is 6.38. The highest BCUT2D eigenvalue weighted by Gasteiger charge is 2.08. The first-order valence-corrected chi connectivity index (χ1v) is 9.88. The van der Waals surface area contributed by atoms with E-state index in [4.69, 9.17) is 0 Å². The van der Waals surface area contributed by atoms with E-state index in [1.807, 2.05) is 12.1 Å². The van der Waals surface area contributed by atoms with Crippen LogP contribution in [0.3, 0.4) is 0 Å². The van der Waals surface area contributed by atoms with Gasteiger partial charge >= 0.3 is 0 Å². The maximum Gasteiger partial charge on any atom is 0.129 e. The van der Waals surface area contributed by atoms with Gasteiger partial charge in [0.25, 0.3) is 0 Å². The molecule has 0 saturated carbocycles. The lowest BCUT2D eigenvalue weighted by atomic mass is 10.2. The number of hydrogen-bond donors (Lipinski definition) is 0. The van der Waals surface area contributed by atoms with E-state index in [9.17, 15) is 0 Å². The fraction of sp³-hybridized carbons (Fsp3) is 0.375. The molecule has 0 radical (unpaired) electrons. The Kier molecular flexibility index (Phi) is 5.90. The lowest BCUT2D eigenvalue weighted by Crippen LogP contribution is -2.24. The van der Waals surface area contributed by atoms with Crippen LogP contribution < -0.4 is 0 Å². The van der Waals surface area contributed by atoms with Gasteiger partial charge in [0.1, 0.15) is 8.07 Å². The van der Waals surface area contributed by atoms with Crippen molar-refractivity contribution < 1.29 is 0 Å². The van der Waals surface area contributed by atoms with E-state index in [1.54, 1.807) is 0 Å². The molecule has 2 heteroatoms. The van der Waals surface area contributed by atoms with Crippen LogP contribution in [-0.4, -0.2) is 26.1 Å². The van der Waals surface area contributed by atoms with E-state index in [-0.39, 0.29) is 0 Å². The van der Waals surface area contributed by atoms with Crippen LogP contribution in [0.5, 0.6) is 0 Å². The van der Waals surface area contributed by atoms with Crippen molar-refractivity contribution in [1.29, 1.82) is 0 Å². The summed E-state index contributed by atoms with van der Waals surface area (Å²) in [5.74, 6) is 3.32. The molecular formula is C16H23NSi. The van der Waals surface area contributed by atoms with E-state index in [0.717, 1.165) is 19.6 Å². The summed E-state index contributed by atoms with van der Waals surface area (Å²) in [4.78, 5) is 2.31. The van der Waals surface area contributed by atoms with E-state index in [1.165, 1.54) is 5.56 Å². The van der Waals surface area contributed by atoms with Crippen LogP contribution in [-0.2, 0) is 6.54 Å². The molecule has 0 bridgehead atoms. The summed E-state index contributed by atoms with van der Waals surface area (Å²) in [6.45, 7) is 13.3. The van der Waals surface area contributed by atoms with Gasteiger partial charge in [0.2, 0.25) is 0 Å². The highest BCUT2D eigenvalue weighted by atomic mass is 28.3. The van der Waals surface area contributed by atoms with Crippen molar-refractivity contribution in [1.82, 2.24) is 4.90 Å². The Hall–Kier alpha value is -1.30. The zero-order valence-electron chi connectivity index (χ0n) is 11.7. The largest absolute Gasteiger partial charge is 0.284 e. The molecule has 0 spiro atoms. The van der Waals surface area contributed by atoms with E-state index in [2.05, 4.69) is 66.8 Å². The number of hydrogen-bond acceptors (Lipinski definition) is 1. The Bertz CT molecular complexity index is 420. The van der Waals surface area contributed by atoms with Gasteiger partial charge in [-0.2, -0.15) is 0 Å². The Balaban J connectivity index is 2.60. The Morgan fingerprint density at radius 1 is 1.22 bits per heavy atom.